The molecule has 0 bridgehead atoms. The van der Waals surface area contributed by atoms with Gasteiger partial charge in [-0.25, -0.2) is 0 Å². The number of ether oxygens (including phenoxy) is 1. The van der Waals surface area contributed by atoms with Crippen LogP contribution < -0.4 is 10.3 Å². The van der Waals surface area contributed by atoms with Crippen LogP contribution in [-0.4, -0.2) is 10.5 Å². The van der Waals surface area contributed by atoms with Crippen molar-refractivity contribution in [1.29, 1.82) is 0 Å². The molecule has 4 nitrogen and oxygen atoms in total. The maximum atomic E-state index is 12.3. The van der Waals surface area contributed by atoms with Gasteiger partial charge in [-0.3, -0.25) is 14.2 Å². The van der Waals surface area contributed by atoms with E-state index < -0.39 is 0 Å². The largest absolute Gasteiger partial charge is 0.427 e. The van der Waals surface area contributed by atoms with Gasteiger partial charge in [0.15, 0.2) is 0 Å². The zero-order valence-electron chi connectivity index (χ0n) is 12.4. The Morgan fingerprint density at radius 1 is 1.00 bits per heavy atom. The second-order valence-corrected chi connectivity index (χ2v) is 5.16. The van der Waals surface area contributed by atoms with Crippen LogP contribution in [0.3, 0.4) is 0 Å². The predicted molar refractivity (Wildman–Crippen MR) is 85.6 cm³/mol. The molecule has 110 valence electrons. The molecule has 1 aromatic heterocycles. The number of pyridine rings is 1. The number of aryl methyl sites for hydroxylation is 1. The van der Waals surface area contributed by atoms with Gasteiger partial charge in [0.2, 0.25) is 0 Å². The van der Waals surface area contributed by atoms with Crippen molar-refractivity contribution in [2.45, 2.75) is 13.8 Å². The summed E-state index contributed by atoms with van der Waals surface area (Å²) >= 11 is 0. The molecule has 22 heavy (non-hydrogen) atoms. The van der Waals surface area contributed by atoms with Crippen molar-refractivity contribution in [2.75, 3.05) is 0 Å². The fourth-order valence-electron chi connectivity index (χ4n) is 2.41. The molecule has 0 spiro atoms. The summed E-state index contributed by atoms with van der Waals surface area (Å²) in [5.41, 5.74) is 2.61. The molecule has 2 aromatic carbocycles. The number of esters is 1. The fraction of sp³-hybridized carbons (Fsp3) is 0.111. The van der Waals surface area contributed by atoms with E-state index in [1.54, 1.807) is 28.8 Å². The second kappa shape index (κ2) is 5.48. The number of aromatic nitrogens is 1. The van der Waals surface area contributed by atoms with E-state index in [-0.39, 0.29) is 11.5 Å². The summed E-state index contributed by atoms with van der Waals surface area (Å²) < 4.78 is 6.73. The van der Waals surface area contributed by atoms with Crippen LogP contribution in [0.5, 0.6) is 5.75 Å². The second-order valence-electron chi connectivity index (χ2n) is 5.16. The van der Waals surface area contributed by atoms with Gasteiger partial charge < -0.3 is 4.74 Å². The Labute approximate surface area is 127 Å². The quantitative estimate of drug-likeness (QED) is 0.538. The van der Waals surface area contributed by atoms with Crippen LogP contribution in [-0.2, 0) is 4.79 Å². The summed E-state index contributed by atoms with van der Waals surface area (Å²) in [7, 11) is 0. The number of carbonyl (C=O) groups is 1. The van der Waals surface area contributed by atoms with Gasteiger partial charge in [-0.1, -0.05) is 17.7 Å². The van der Waals surface area contributed by atoms with E-state index in [2.05, 4.69) is 0 Å². The van der Waals surface area contributed by atoms with E-state index in [1.807, 2.05) is 31.2 Å². The number of nitrogens with zero attached hydrogens (tertiary/aromatic N) is 1. The molecule has 0 saturated carbocycles. The van der Waals surface area contributed by atoms with Gasteiger partial charge in [0, 0.05) is 24.1 Å². The number of benzene rings is 2. The zero-order chi connectivity index (χ0) is 15.7. The Kier molecular flexibility index (Phi) is 3.51. The van der Waals surface area contributed by atoms with Crippen LogP contribution in [0.2, 0.25) is 0 Å². The molecular weight excluding hydrogens is 278 g/mol. The van der Waals surface area contributed by atoms with E-state index >= 15 is 0 Å². The van der Waals surface area contributed by atoms with Crippen LogP contribution in [0.1, 0.15) is 12.5 Å². The number of hydrogen-bond donors (Lipinski definition) is 0. The molecule has 0 unspecified atom stereocenters. The van der Waals surface area contributed by atoms with Crippen LogP contribution in [0.4, 0.5) is 0 Å². The lowest BCUT2D eigenvalue weighted by molar-refractivity contribution is -0.131. The summed E-state index contributed by atoms with van der Waals surface area (Å²) in [5, 5.41) is 0.832. The lowest BCUT2D eigenvalue weighted by Gasteiger charge is -2.11. The molecule has 3 rings (SSSR count). The minimum Gasteiger partial charge on any atom is -0.427 e. The minimum absolute atomic E-state index is 0.100. The van der Waals surface area contributed by atoms with Crippen molar-refractivity contribution >= 4 is 16.9 Å². The van der Waals surface area contributed by atoms with Crippen molar-refractivity contribution in [3.05, 3.63) is 70.5 Å². The normalized spacial score (nSPS) is 10.6. The summed E-state index contributed by atoms with van der Waals surface area (Å²) in [6, 6.07) is 16.2. The highest BCUT2D eigenvalue weighted by molar-refractivity contribution is 5.83. The van der Waals surface area contributed by atoms with E-state index in [4.69, 9.17) is 4.74 Å². The van der Waals surface area contributed by atoms with Crippen molar-refractivity contribution in [3.8, 4) is 11.4 Å². The van der Waals surface area contributed by atoms with Crippen molar-refractivity contribution in [1.82, 2.24) is 4.57 Å². The maximum Gasteiger partial charge on any atom is 0.308 e. The van der Waals surface area contributed by atoms with E-state index in [1.165, 1.54) is 13.0 Å². The molecule has 3 aromatic rings. The van der Waals surface area contributed by atoms with Gasteiger partial charge in [-0.2, -0.15) is 0 Å². The standard InChI is InChI=1S/C18H15NO3/c1-12-3-6-15(7-4-12)19-17-9-8-16(22-13(2)20)11-14(17)5-10-18(19)21/h3-11H,1-2H3. The van der Waals surface area contributed by atoms with Crippen molar-refractivity contribution < 1.29 is 9.53 Å². The Balaban J connectivity index is 2.21. The Bertz CT molecular complexity index is 908. The molecule has 0 atom stereocenters. The van der Waals surface area contributed by atoms with Gasteiger partial charge >= 0.3 is 5.97 Å². The molecule has 0 aliphatic rings. The van der Waals surface area contributed by atoms with Gasteiger partial charge in [0.25, 0.3) is 5.56 Å². The number of rotatable bonds is 2. The van der Waals surface area contributed by atoms with Crippen LogP contribution >= 0.6 is 0 Å². The molecule has 0 saturated heterocycles. The van der Waals surface area contributed by atoms with Crippen LogP contribution in [0.15, 0.2) is 59.4 Å². The van der Waals surface area contributed by atoms with Crippen molar-refractivity contribution in [3.63, 3.8) is 0 Å². The molecule has 0 fully saturated rings. The van der Waals surface area contributed by atoms with Crippen molar-refractivity contribution in [2.24, 2.45) is 0 Å². The Morgan fingerprint density at radius 3 is 2.41 bits per heavy atom. The fourth-order valence-corrected chi connectivity index (χ4v) is 2.41. The number of carbonyl (C=O) groups excluding carboxylic acids is 1. The topological polar surface area (TPSA) is 48.3 Å². The molecule has 0 amide bonds. The number of hydrogen-bond acceptors (Lipinski definition) is 3. The molecule has 0 aliphatic heterocycles. The van der Waals surface area contributed by atoms with Gasteiger partial charge in [-0.15, -0.1) is 0 Å². The average Bonchev–Trinajstić information content (AvgIpc) is 2.48. The lowest BCUT2D eigenvalue weighted by Crippen LogP contribution is -2.17. The minimum atomic E-state index is -0.369. The SMILES string of the molecule is CC(=O)Oc1ccc2c(ccc(=O)n2-c2ccc(C)cc2)c1. The zero-order valence-corrected chi connectivity index (χ0v) is 12.4. The highest BCUT2D eigenvalue weighted by atomic mass is 16.5. The maximum absolute atomic E-state index is 12.3. The van der Waals surface area contributed by atoms with Gasteiger partial charge in [0.1, 0.15) is 5.75 Å². The Morgan fingerprint density at radius 2 is 1.73 bits per heavy atom. The molecule has 4 heteroatoms. The van der Waals surface area contributed by atoms with E-state index in [0.717, 1.165) is 22.2 Å². The summed E-state index contributed by atoms with van der Waals surface area (Å²) in [5.74, 6) is 0.0975. The molecule has 0 N–H and O–H groups in total. The number of fused-ring (bicyclic) bond motifs is 1. The highest BCUT2D eigenvalue weighted by Gasteiger charge is 2.07. The lowest BCUT2D eigenvalue weighted by atomic mass is 10.1. The first kappa shape index (κ1) is 14.1. The third-order valence-corrected chi connectivity index (χ3v) is 3.42. The van der Waals surface area contributed by atoms with Gasteiger partial charge in [-0.05, 0) is 43.3 Å². The average molecular weight is 293 g/mol. The predicted octanol–water partition coefficient (Wildman–Crippen LogP) is 3.22. The first-order valence-electron chi connectivity index (χ1n) is 6.96. The van der Waals surface area contributed by atoms with E-state index in [0.29, 0.717) is 5.75 Å². The molecule has 0 radical (unpaired) electrons. The van der Waals surface area contributed by atoms with Gasteiger partial charge in [0.05, 0.1) is 5.52 Å². The monoisotopic (exact) mass is 293 g/mol. The highest BCUT2D eigenvalue weighted by Crippen LogP contribution is 2.22. The van der Waals surface area contributed by atoms with Crippen LogP contribution in [0, 0.1) is 6.92 Å². The summed E-state index contributed by atoms with van der Waals surface area (Å²) in [6.07, 6.45) is 0. The third-order valence-electron chi connectivity index (χ3n) is 3.42. The first-order chi connectivity index (χ1) is 10.5. The molecule has 0 aliphatic carbocycles. The van der Waals surface area contributed by atoms with E-state index in [9.17, 15) is 9.59 Å². The summed E-state index contributed by atoms with van der Waals surface area (Å²) in [6.45, 7) is 3.36. The van der Waals surface area contributed by atoms with Crippen LogP contribution in [0.25, 0.3) is 16.6 Å². The molecular formula is C18H15NO3. The first-order valence-corrected chi connectivity index (χ1v) is 6.96. The smallest absolute Gasteiger partial charge is 0.308 e. The molecule has 1 heterocycles. The summed E-state index contributed by atoms with van der Waals surface area (Å²) in [4.78, 5) is 23.3. The Hall–Kier alpha value is -2.88. The third kappa shape index (κ3) is 2.63.